The number of rotatable bonds is 5. The molecule has 1 aromatic carbocycles. The van der Waals surface area contributed by atoms with E-state index in [0.29, 0.717) is 5.69 Å². The average molecular weight is 329 g/mol. The molecule has 0 aliphatic carbocycles. The molecule has 0 bridgehead atoms. The molecule has 2 aromatic rings. The standard InChI is InChI=1S/C18H24FN5/c1-3-8-20-17-13-18(22-14(2)21-17)24-11-9-23(10-12-24)16-7-5-4-6-15(16)19/h4-7,13H,3,8-12H2,1-2H3,(H,20,21,22). The topological polar surface area (TPSA) is 44.3 Å². The Morgan fingerprint density at radius 3 is 2.50 bits per heavy atom. The zero-order valence-electron chi connectivity index (χ0n) is 14.3. The number of hydrogen-bond donors (Lipinski definition) is 1. The molecule has 6 heteroatoms. The molecule has 1 saturated heterocycles. The van der Waals surface area contributed by atoms with Gasteiger partial charge < -0.3 is 15.1 Å². The van der Waals surface area contributed by atoms with Crippen molar-refractivity contribution >= 4 is 17.3 Å². The normalized spacial score (nSPS) is 14.8. The number of hydrogen-bond acceptors (Lipinski definition) is 5. The van der Waals surface area contributed by atoms with Gasteiger partial charge in [-0.2, -0.15) is 0 Å². The van der Waals surface area contributed by atoms with Gasteiger partial charge in [-0.3, -0.25) is 0 Å². The molecule has 24 heavy (non-hydrogen) atoms. The van der Waals surface area contributed by atoms with Crippen LogP contribution >= 0.6 is 0 Å². The van der Waals surface area contributed by atoms with E-state index in [1.165, 1.54) is 6.07 Å². The molecule has 2 heterocycles. The number of nitrogens with one attached hydrogen (secondary N) is 1. The molecule has 0 amide bonds. The highest BCUT2D eigenvalue weighted by Crippen LogP contribution is 2.23. The summed E-state index contributed by atoms with van der Waals surface area (Å²) in [5.41, 5.74) is 0.682. The third-order valence-electron chi connectivity index (χ3n) is 4.18. The average Bonchev–Trinajstić information content (AvgIpc) is 2.60. The van der Waals surface area contributed by atoms with Crippen molar-refractivity contribution in [3.8, 4) is 0 Å². The minimum absolute atomic E-state index is 0.158. The SMILES string of the molecule is CCCNc1cc(N2CCN(c3ccccc3F)CC2)nc(C)n1. The van der Waals surface area contributed by atoms with Crippen molar-refractivity contribution in [2.45, 2.75) is 20.3 Å². The predicted molar refractivity (Wildman–Crippen MR) is 96.4 cm³/mol. The van der Waals surface area contributed by atoms with Crippen LogP contribution in [0, 0.1) is 12.7 Å². The Labute approximate surface area is 142 Å². The number of piperazine rings is 1. The lowest BCUT2D eigenvalue weighted by atomic mass is 10.2. The van der Waals surface area contributed by atoms with Crippen molar-refractivity contribution in [2.24, 2.45) is 0 Å². The largest absolute Gasteiger partial charge is 0.370 e. The number of para-hydroxylation sites is 1. The van der Waals surface area contributed by atoms with Crippen LogP contribution in [0.2, 0.25) is 0 Å². The maximum atomic E-state index is 13.9. The summed E-state index contributed by atoms with van der Waals surface area (Å²) in [6, 6.07) is 8.96. The van der Waals surface area contributed by atoms with E-state index in [1.54, 1.807) is 6.07 Å². The van der Waals surface area contributed by atoms with Crippen LogP contribution in [0.1, 0.15) is 19.2 Å². The molecule has 1 aliphatic rings. The van der Waals surface area contributed by atoms with E-state index in [4.69, 9.17) is 0 Å². The van der Waals surface area contributed by atoms with Crippen LogP contribution in [0.25, 0.3) is 0 Å². The lowest BCUT2D eigenvalue weighted by Crippen LogP contribution is -2.47. The van der Waals surface area contributed by atoms with E-state index in [-0.39, 0.29) is 5.82 Å². The molecule has 0 unspecified atom stereocenters. The summed E-state index contributed by atoms with van der Waals surface area (Å²) in [4.78, 5) is 13.3. The molecule has 128 valence electrons. The lowest BCUT2D eigenvalue weighted by molar-refractivity contribution is 0.596. The number of aromatic nitrogens is 2. The molecule has 0 atom stereocenters. The molecular weight excluding hydrogens is 305 g/mol. The first kappa shape index (κ1) is 16.5. The minimum atomic E-state index is -0.158. The van der Waals surface area contributed by atoms with Crippen molar-refractivity contribution in [3.63, 3.8) is 0 Å². The van der Waals surface area contributed by atoms with Gasteiger partial charge in [-0.25, -0.2) is 14.4 Å². The monoisotopic (exact) mass is 329 g/mol. The molecule has 5 nitrogen and oxygen atoms in total. The van der Waals surface area contributed by atoms with Gasteiger partial charge in [0.2, 0.25) is 0 Å². The highest BCUT2D eigenvalue weighted by atomic mass is 19.1. The first-order chi connectivity index (χ1) is 11.7. The van der Waals surface area contributed by atoms with E-state index in [0.717, 1.165) is 56.6 Å². The second kappa shape index (κ2) is 7.47. The van der Waals surface area contributed by atoms with Crippen molar-refractivity contribution in [1.82, 2.24) is 9.97 Å². The Morgan fingerprint density at radius 2 is 1.79 bits per heavy atom. The maximum Gasteiger partial charge on any atom is 0.146 e. The van der Waals surface area contributed by atoms with Gasteiger partial charge in [0, 0.05) is 38.8 Å². The van der Waals surface area contributed by atoms with Crippen LogP contribution in [0.4, 0.5) is 21.7 Å². The van der Waals surface area contributed by atoms with E-state index in [2.05, 4.69) is 32.0 Å². The second-order valence-corrected chi connectivity index (χ2v) is 6.01. The summed E-state index contributed by atoms with van der Waals surface area (Å²) in [6.45, 7) is 8.14. The predicted octanol–water partition coefficient (Wildman–Crippen LogP) is 3.07. The van der Waals surface area contributed by atoms with E-state index in [1.807, 2.05) is 25.1 Å². The Kier molecular flexibility index (Phi) is 5.13. The van der Waals surface area contributed by atoms with Crippen LogP contribution in [0.15, 0.2) is 30.3 Å². The second-order valence-electron chi connectivity index (χ2n) is 6.01. The van der Waals surface area contributed by atoms with Crippen LogP contribution in [0.5, 0.6) is 0 Å². The third-order valence-corrected chi connectivity index (χ3v) is 4.18. The van der Waals surface area contributed by atoms with Crippen LogP contribution in [-0.2, 0) is 0 Å². The summed E-state index contributed by atoms with van der Waals surface area (Å²) in [5, 5.41) is 3.32. The number of benzene rings is 1. The van der Waals surface area contributed by atoms with Gasteiger partial charge in [-0.05, 0) is 25.5 Å². The highest BCUT2D eigenvalue weighted by Gasteiger charge is 2.20. The number of halogens is 1. The van der Waals surface area contributed by atoms with Gasteiger partial charge in [0.1, 0.15) is 23.3 Å². The zero-order valence-corrected chi connectivity index (χ0v) is 14.3. The van der Waals surface area contributed by atoms with Gasteiger partial charge in [-0.1, -0.05) is 19.1 Å². The molecule has 3 rings (SSSR count). The summed E-state index contributed by atoms with van der Waals surface area (Å²) in [6.07, 6.45) is 1.06. The molecule has 1 fully saturated rings. The third kappa shape index (κ3) is 3.75. The maximum absolute atomic E-state index is 13.9. The van der Waals surface area contributed by atoms with Crippen molar-refractivity contribution in [2.75, 3.05) is 47.8 Å². The Bertz CT molecular complexity index is 683. The molecule has 1 N–H and O–H groups in total. The fourth-order valence-electron chi connectivity index (χ4n) is 2.94. The summed E-state index contributed by atoms with van der Waals surface area (Å²) in [5.74, 6) is 2.42. The van der Waals surface area contributed by atoms with Gasteiger partial charge in [-0.15, -0.1) is 0 Å². The Hall–Kier alpha value is -2.37. The lowest BCUT2D eigenvalue weighted by Gasteiger charge is -2.37. The zero-order chi connectivity index (χ0) is 16.9. The number of aryl methyl sites for hydroxylation is 1. The number of anilines is 3. The smallest absolute Gasteiger partial charge is 0.146 e. The summed E-state index contributed by atoms with van der Waals surface area (Å²) >= 11 is 0. The van der Waals surface area contributed by atoms with Gasteiger partial charge in [0.05, 0.1) is 5.69 Å². The van der Waals surface area contributed by atoms with Crippen LogP contribution in [-0.4, -0.2) is 42.7 Å². The van der Waals surface area contributed by atoms with E-state index in [9.17, 15) is 4.39 Å². The number of nitrogens with zero attached hydrogens (tertiary/aromatic N) is 4. The fraction of sp³-hybridized carbons (Fsp3) is 0.444. The van der Waals surface area contributed by atoms with Crippen molar-refractivity contribution in [3.05, 3.63) is 42.0 Å². The van der Waals surface area contributed by atoms with Gasteiger partial charge >= 0.3 is 0 Å². The van der Waals surface area contributed by atoms with Gasteiger partial charge in [0.25, 0.3) is 0 Å². The molecular formula is C18H24FN5. The molecule has 0 radical (unpaired) electrons. The van der Waals surface area contributed by atoms with Crippen LogP contribution in [0.3, 0.4) is 0 Å². The summed E-state index contributed by atoms with van der Waals surface area (Å²) in [7, 11) is 0. The molecule has 1 aromatic heterocycles. The first-order valence-corrected chi connectivity index (χ1v) is 8.51. The van der Waals surface area contributed by atoms with Crippen molar-refractivity contribution in [1.29, 1.82) is 0 Å². The van der Waals surface area contributed by atoms with Crippen molar-refractivity contribution < 1.29 is 4.39 Å². The fourth-order valence-corrected chi connectivity index (χ4v) is 2.94. The minimum Gasteiger partial charge on any atom is -0.370 e. The van der Waals surface area contributed by atoms with E-state index >= 15 is 0 Å². The highest BCUT2D eigenvalue weighted by molar-refractivity contribution is 5.53. The Morgan fingerprint density at radius 1 is 1.08 bits per heavy atom. The first-order valence-electron chi connectivity index (χ1n) is 8.51. The summed E-state index contributed by atoms with van der Waals surface area (Å²) < 4.78 is 13.9. The molecule has 0 spiro atoms. The Balaban J connectivity index is 1.68. The van der Waals surface area contributed by atoms with E-state index < -0.39 is 0 Å². The van der Waals surface area contributed by atoms with Gasteiger partial charge in [0.15, 0.2) is 0 Å². The van der Waals surface area contributed by atoms with Crippen LogP contribution < -0.4 is 15.1 Å². The molecule has 1 aliphatic heterocycles. The quantitative estimate of drug-likeness (QED) is 0.913. The molecule has 0 saturated carbocycles.